The molecule has 1 amide bonds. The molecular formula is C21H21BrN6O. The molecule has 29 heavy (non-hydrogen) atoms. The number of carbonyl (C=O) groups excluding carboxylic acids is 1. The zero-order valence-electron chi connectivity index (χ0n) is 16.5. The highest BCUT2D eigenvalue weighted by molar-refractivity contribution is 9.10. The molecule has 0 aliphatic heterocycles. The molecule has 0 saturated heterocycles. The molecule has 0 saturated carbocycles. The minimum absolute atomic E-state index is 0.147. The highest BCUT2D eigenvalue weighted by Gasteiger charge is 2.21. The van der Waals surface area contributed by atoms with Gasteiger partial charge in [-0.25, -0.2) is 9.50 Å². The van der Waals surface area contributed by atoms with Crippen molar-refractivity contribution in [1.29, 1.82) is 0 Å². The number of hydrogen-bond acceptors (Lipinski definition) is 4. The number of aryl methyl sites for hydroxylation is 2. The van der Waals surface area contributed by atoms with Gasteiger partial charge >= 0.3 is 0 Å². The minimum atomic E-state index is -0.147. The fourth-order valence-electron chi connectivity index (χ4n) is 3.19. The smallest absolute Gasteiger partial charge is 0.259 e. The second kappa shape index (κ2) is 7.79. The lowest BCUT2D eigenvalue weighted by Gasteiger charge is -2.15. The summed E-state index contributed by atoms with van der Waals surface area (Å²) in [5, 5.41) is 8.94. The number of carbonyl (C=O) groups is 1. The number of rotatable bonds is 5. The van der Waals surface area contributed by atoms with Crippen molar-refractivity contribution in [1.82, 2.24) is 29.3 Å². The van der Waals surface area contributed by atoms with Crippen LogP contribution < -0.4 is 0 Å². The third-order valence-corrected chi connectivity index (χ3v) is 5.49. The predicted octanol–water partition coefficient (Wildman–Crippen LogP) is 3.96. The van der Waals surface area contributed by atoms with Crippen LogP contribution in [-0.2, 0) is 13.1 Å². The van der Waals surface area contributed by atoms with E-state index in [1.165, 1.54) is 5.56 Å². The average molecular weight is 453 g/mol. The summed E-state index contributed by atoms with van der Waals surface area (Å²) in [4.78, 5) is 19.1. The van der Waals surface area contributed by atoms with E-state index in [0.717, 1.165) is 28.0 Å². The van der Waals surface area contributed by atoms with Gasteiger partial charge < -0.3 is 4.90 Å². The number of nitrogens with zero attached hydrogens (tertiary/aromatic N) is 6. The summed E-state index contributed by atoms with van der Waals surface area (Å²) in [6.07, 6.45) is 5.21. The van der Waals surface area contributed by atoms with E-state index < -0.39 is 0 Å². The second-order valence-electron chi connectivity index (χ2n) is 6.93. The number of amides is 1. The Morgan fingerprint density at radius 1 is 1.21 bits per heavy atom. The third-order valence-electron chi connectivity index (χ3n) is 4.82. The Labute approximate surface area is 177 Å². The first-order valence-electron chi connectivity index (χ1n) is 9.35. The maximum atomic E-state index is 13.1. The van der Waals surface area contributed by atoms with E-state index in [2.05, 4.69) is 43.2 Å². The molecule has 4 aromatic rings. The summed E-state index contributed by atoms with van der Waals surface area (Å²) >= 11 is 3.51. The van der Waals surface area contributed by atoms with E-state index in [1.807, 2.05) is 42.9 Å². The van der Waals surface area contributed by atoms with Crippen LogP contribution in [0.1, 0.15) is 28.5 Å². The monoisotopic (exact) mass is 452 g/mol. The van der Waals surface area contributed by atoms with E-state index >= 15 is 0 Å². The van der Waals surface area contributed by atoms with Crippen molar-refractivity contribution < 1.29 is 4.79 Å². The molecule has 0 aliphatic carbocycles. The number of aromatic nitrogens is 5. The SMILES string of the molecule is CCn1cc(Br)c(CN(C)C(=O)c2cnn3c(-c4ccc(C)cc4)ccnc23)n1. The summed E-state index contributed by atoms with van der Waals surface area (Å²) in [7, 11) is 1.76. The van der Waals surface area contributed by atoms with Crippen LogP contribution in [0.4, 0.5) is 0 Å². The van der Waals surface area contributed by atoms with Gasteiger partial charge in [0.1, 0.15) is 5.56 Å². The Morgan fingerprint density at radius 2 is 1.97 bits per heavy atom. The van der Waals surface area contributed by atoms with E-state index in [1.54, 1.807) is 28.9 Å². The molecule has 4 rings (SSSR count). The molecule has 3 heterocycles. The number of hydrogen-bond donors (Lipinski definition) is 0. The molecule has 0 N–H and O–H groups in total. The molecule has 7 nitrogen and oxygen atoms in total. The average Bonchev–Trinajstić information content (AvgIpc) is 3.31. The molecule has 1 aromatic carbocycles. The van der Waals surface area contributed by atoms with Gasteiger partial charge in [0.2, 0.25) is 0 Å². The Kier molecular flexibility index (Phi) is 5.19. The highest BCUT2D eigenvalue weighted by Crippen LogP contribution is 2.23. The fraction of sp³-hybridized carbons (Fsp3) is 0.238. The van der Waals surface area contributed by atoms with Crippen LogP contribution >= 0.6 is 15.9 Å². The maximum absolute atomic E-state index is 13.1. The lowest BCUT2D eigenvalue weighted by molar-refractivity contribution is 0.0784. The van der Waals surface area contributed by atoms with Gasteiger partial charge in [-0.1, -0.05) is 29.8 Å². The van der Waals surface area contributed by atoms with Gasteiger partial charge in [0.05, 0.1) is 28.6 Å². The summed E-state index contributed by atoms with van der Waals surface area (Å²) in [6.45, 7) is 5.24. The van der Waals surface area contributed by atoms with Crippen molar-refractivity contribution in [2.75, 3.05) is 7.05 Å². The Balaban J connectivity index is 1.65. The summed E-state index contributed by atoms with van der Waals surface area (Å²) in [6, 6.07) is 10.1. The first-order valence-corrected chi connectivity index (χ1v) is 10.1. The molecule has 0 radical (unpaired) electrons. The third kappa shape index (κ3) is 3.67. The van der Waals surface area contributed by atoms with Crippen LogP contribution in [0.15, 0.2) is 53.4 Å². The molecule has 0 unspecified atom stereocenters. The molecule has 0 aliphatic rings. The lowest BCUT2D eigenvalue weighted by atomic mass is 10.1. The normalized spacial score (nSPS) is 11.2. The van der Waals surface area contributed by atoms with E-state index in [9.17, 15) is 4.79 Å². The summed E-state index contributed by atoms with van der Waals surface area (Å²) < 4.78 is 4.44. The Morgan fingerprint density at radius 3 is 2.66 bits per heavy atom. The minimum Gasteiger partial charge on any atom is -0.336 e. The Bertz CT molecular complexity index is 1180. The van der Waals surface area contributed by atoms with Crippen LogP contribution in [0, 0.1) is 6.92 Å². The van der Waals surface area contributed by atoms with E-state index in [4.69, 9.17) is 0 Å². The quantitative estimate of drug-likeness (QED) is 0.459. The van der Waals surface area contributed by atoms with Crippen molar-refractivity contribution in [3.8, 4) is 11.3 Å². The van der Waals surface area contributed by atoms with Crippen LogP contribution in [0.25, 0.3) is 16.9 Å². The predicted molar refractivity (Wildman–Crippen MR) is 115 cm³/mol. The standard InChI is InChI=1S/C21H21BrN6O/c1-4-27-12-17(22)18(25-27)13-26(3)21(29)16-11-24-28-19(9-10-23-20(16)28)15-7-5-14(2)6-8-15/h5-12H,4,13H2,1-3H3. The molecule has 0 bridgehead atoms. The van der Waals surface area contributed by atoms with Crippen LogP contribution in [0.5, 0.6) is 0 Å². The topological polar surface area (TPSA) is 68.3 Å². The number of halogens is 1. The van der Waals surface area contributed by atoms with Gasteiger partial charge in [-0.15, -0.1) is 0 Å². The van der Waals surface area contributed by atoms with E-state index in [-0.39, 0.29) is 5.91 Å². The molecular weight excluding hydrogens is 432 g/mol. The first kappa shape index (κ1) is 19.3. The largest absolute Gasteiger partial charge is 0.336 e. The van der Waals surface area contributed by atoms with E-state index in [0.29, 0.717) is 17.8 Å². The van der Waals surface area contributed by atoms with Crippen LogP contribution in [0.2, 0.25) is 0 Å². The maximum Gasteiger partial charge on any atom is 0.259 e. The number of fused-ring (bicyclic) bond motifs is 1. The molecule has 8 heteroatoms. The van der Waals surface area contributed by atoms with Gasteiger partial charge in [-0.05, 0) is 35.8 Å². The van der Waals surface area contributed by atoms with Crippen molar-refractivity contribution in [3.63, 3.8) is 0 Å². The Hall–Kier alpha value is -3.00. The van der Waals surface area contributed by atoms with Crippen molar-refractivity contribution in [2.24, 2.45) is 0 Å². The highest BCUT2D eigenvalue weighted by atomic mass is 79.9. The van der Waals surface area contributed by atoms with Crippen LogP contribution in [-0.4, -0.2) is 42.2 Å². The van der Waals surface area contributed by atoms with Gasteiger partial charge in [-0.3, -0.25) is 9.48 Å². The zero-order chi connectivity index (χ0) is 20.5. The van der Waals surface area contributed by atoms with Gasteiger partial charge in [-0.2, -0.15) is 10.2 Å². The van der Waals surface area contributed by atoms with Gasteiger partial charge in [0, 0.05) is 31.5 Å². The molecule has 0 spiro atoms. The van der Waals surface area contributed by atoms with Crippen molar-refractivity contribution >= 4 is 27.5 Å². The van der Waals surface area contributed by atoms with Gasteiger partial charge in [0.25, 0.3) is 5.91 Å². The molecule has 3 aromatic heterocycles. The molecule has 0 fully saturated rings. The second-order valence-corrected chi connectivity index (χ2v) is 7.78. The summed E-state index contributed by atoms with van der Waals surface area (Å²) in [5.74, 6) is -0.147. The first-order chi connectivity index (χ1) is 14.0. The van der Waals surface area contributed by atoms with Gasteiger partial charge in [0.15, 0.2) is 5.65 Å². The van der Waals surface area contributed by atoms with Crippen LogP contribution in [0.3, 0.4) is 0 Å². The molecule has 0 atom stereocenters. The van der Waals surface area contributed by atoms with Crippen molar-refractivity contribution in [2.45, 2.75) is 26.9 Å². The lowest BCUT2D eigenvalue weighted by Crippen LogP contribution is -2.26. The molecule has 148 valence electrons. The van der Waals surface area contributed by atoms with Crippen molar-refractivity contribution in [3.05, 3.63) is 70.2 Å². The fourth-order valence-corrected chi connectivity index (χ4v) is 3.63. The number of benzene rings is 1. The zero-order valence-corrected chi connectivity index (χ0v) is 18.1. The summed E-state index contributed by atoms with van der Waals surface area (Å²) in [5.41, 5.74) is 4.92.